The topological polar surface area (TPSA) is 79.5 Å². The fraction of sp³-hybridized carbons (Fsp3) is 0.636. The summed E-state index contributed by atoms with van der Waals surface area (Å²) in [6.45, 7) is 4.22. The number of ether oxygens (including phenoxy) is 1. The average Bonchev–Trinajstić information content (AvgIpc) is 2.23. The van der Waals surface area contributed by atoms with Crippen LogP contribution >= 0.6 is 0 Å². The summed E-state index contributed by atoms with van der Waals surface area (Å²) in [6.07, 6.45) is 0. The summed E-state index contributed by atoms with van der Waals surface area (Å²) in [4.78, 5) is 22.9. The van der Waals surface area contributed by atoms with Crippen LogP contribution in [0.15, 0.2) is 11.1 Å². The third-order valence-electron chi connectivity index (χ3n) is 2.59. The van der Waals surface area contributed by atoms with Crippen molar-refractivity contribution >= 4 is 11.8 Å². The Kier molecular flexibility index (Phi) is 5.65. The maximum Gasteiger partial charge on any atom is 0.247 e. The second kappa shape index (κ2) is 7.03. The van der Waals surface area contributed by atoms with E-state index in [1.165, 1.54) is 0 Å². The fourth-order valence-electron chi connectivity index (χ4n) is 1.32. The number of amides is 2. The van der Waals surface area contributed by atoms with Crippen molar-refractivity contribution in [3.63, 3.8) is 0 Å². The van der Waals surface area contributed by atoms with Gasteiger partial charge in [0.1, 0.15) is 0 Å². The highest BCUT2D eigenvalue weighted by Crippen LogP contribution is 2.08. The van der Waals surface area contributed by atoms with Crippen molar-refractivity contribution in [3.05, 3.63) is 11.1 Å². The number of methoxy groups -OCH3 is 1. The van der Waals surface area contributed by atoms with Crippen molar-refractivity contribution in [2.45, 2.75) is 6.92 Å². The van der Waals surface area contributed by atoms with Crippen LogP contribution in [0, 0.1) is 0 Å². The quantitative estimate of drug-likeness (QED) is 0.402. The Morgan fingerprint density at radius 1 is 1.35 bits per heavy atom. The van der Waals surface area contributed by atoms with Crippen molar-refractivity contribution in [2.75, 3.05) is 39.9 Å². The molecule has 1 saturated heterocycles. The van der Waals surface area contributed by atoms with Gasteiger partial charge in [-0.2, -0.15) is 0 Å². The van der Waals surface area contributed by atoms with Gasteiger partial charge in [0.2, 0.25) is 11.8 Å². The van der Waals surface area contributed by atoms with Crippen molar-refractivity contribution in [3.8, 4) is 0 Å². The van der Waals surface area contributed by atoms with Crippen LogP contribution in [0.4, 0.5) is 0 Å². The Morgan fingerprint density at radius 2 is 2.06 bits per heavy atom. The summed E-state index contributed by atoms with van der Waals surface area (Å²) in [7, 11) is 1.57. The Balaban J connectivity index is 2.21. The van der Waals surface area contributed by atoms with Crippen LogP contribution in [-0.4, -0.2) is 51.7 Å². The summed E-state index contributed by atoms with van der Waals surface area (Å²) >= 11 is 0. The summed E-state index contributed by atoms with van der Waals surface area (Å²) in [6, 6.07) is 0. The van der Waals surface area contributed by atoms with E-state index in [-0.39, 0.29) is 18.4 Å². The highest BCUT2D eigenvalue weighted by Gasteiger charge is 2.16. The number of hydrogen-bond acceptors (Lipinski definition) is 4. The fourth-order valence-corrected chi connectivity index (χ4v) is 1.32. The van der Waals surface area contributed by atoms with Gasteiger partial charge in [0.15, 0.2) is 0 Å². The van der Waals surface area contributed by atoms with Crippen molar-refractivity contribution < 1.29 is 14.3 Å². The minimum Gasteiger partial charge on any atom is -0.383 e. The van der Waals surface area contributed by atoms with E-state index < -0.39 is 0 Å². The second-order valence-corrected chi connectivity index (χ2v) is 3.86. The largest absolute Gasteiger partial charge is 0.383 e. The average molecular weight is 241 g/mol. The maximum absolute atomic E-state index is 11.6. The van der Waals surface area contributed by atoms with Gasteiger partial charge in [-0.15, -0.1) is 0 Å². The van der Waals surface area contributed by atoms with Gasteiger partial charge in [0.05, 0.1) is 13.2 Å². The number of hydrogen-bond donors (Lipinski definition) is 3. The normalized spacial score (nSPS) is 13.9. The van der Waals surface area contributed by atoms with E-state index in [4.69, 9.17) is 4.74 Å². The van der Waals surface area contributed by atoms with Crippen LogP contribution in [0.1, 0.15) is 6.92 Å². The van der Waals surface area contributed by atoms with E-state index >= 15 is 0 Å². The van der Waals surface area contributed by atoms with Crippen molar-refractivity contribution in [1.29, 1.82) is 0 Å². The van der Waals surface area contributed by atoms with Crippen LogP contribution in [0.5, 0.6) is 0 Å². The molecule has 0 aromatic rings. The molecule has 96 valence electrons. The second-order valence-electron chi connectivity index (χ2n) is 3.86. The zero-order valence-corrected chi connectivity index (χ0v) is 10.3. The molecule has 1 rings (SSSR count). The summed E-state index contributed by atoms with van der Waals surface area (Å²) in [5.41, 5.74) is 1.80. The lowest BCUT2D eigenvalue weighted by Crippen LogP contribution is -2.41. The molecule has 1 fully saturated rings. The van der Waals surface area contributed by atoms with Crippen LogP contribution in [-0.2, 0) is 14.3 Å². The summed E-state index contributed by atoms with van der Waals surface area (Å²) < 4.78 is 4.79. The van der Waals surface area contributed by atoms with Gasteiger partial charge in [-0.05, 0) is 12.5 Å². The predicted molar refractivity (Wildman–Crippen MR) is 63.5 cm³/mol. The summed E-state index contributed by atoms with van der Waals surface area (Å²) in [5, 5.41) is 8.27. The Hall–Kier alpha value is -1.40. The molecule has 0 aromatic carbocycles. The zero-order chi connectivity index (χ0) is 12.7. The number of carbonyl (C=O) groups excluding carboxylic acids is 2. The minimum absolute atomic E-state index is 0.000591. The molecule has 0 unspecified atom stereocenters. The number of rotatable bonds is 6. The molecule has 0 aliphatic carbocycles. The van der Waals surface area contributed by atoms with Crippen LogP contribution in [0.2, 0.25) is 0 Å². The lowest BCUT2D eigenvalue weighted by molar-refractivity contribution is -0.124. The molecule has 2 amide bonds. The van der Waals surface area contributed by atoms with Crippen LogP contribution in [0.25, 0.3) is 0 Å². The molecule has 6 heteroatoms. The monoisotopic (exact) mass is 241 g/mol. The number of nitrogens with one attached hydrogen (secondary N) is 3. The molecule has 0 atom stereocenters. The summed E-state index contributed by atoms with van der Waals surface area (Å²) in [5.74, 6) is -0.386. The molecule has 0 saturated carbocycles. The van der Waals surface area contributed by atoms with Gasteiger partial charge in [-0.25, -0.2) is 0 Å². The van der Waals surface area contributed by atoms with Gasteiger partial charge in [0.25, 0.3) is 0 Å². The van der Waals surface area contributed by atoms with Crippen molar-refractivity contribution in [1.82, 2.24) is 16.0 Å². The first-order valence-corrected chi connectivity index (χ1v) is 5.58. The van der Waals surface area contributed by atoms with Gasteiger partial charge in [-0.3, -0.25) is 9.59 Å². The SMILES string of the molecule is COCCNC(=O)CNC(=O)C(C)=C1CNC1. The first-order chi connectivity index (χ1) is 8.15. The van der Waals surface area contributed by atoms with E-state index in [1.54, 1.807) is 14.0 Å². The smallest absolute Gasteiger partial charge is 0.247 e. The highest BCUT2D eigenvalue weighted by molar-refractivity contribution is 5.96. The minimum atomic E-state index is -0.208. The van der Waals surface area contributed by atoms with Gasteiger partial charge in [-0.1, -0.05) is 0 Å². The molecule has 1 aliphatic rings. The molecule has 3 N–H and O–H groups in total. The van der Waals surface area contributed by atoms with E-state index in [0.29, 0.717) is 18.7 Å². The molecule has 6 nitrogen and oxygen atoms in total. The zero-order valence-electron chi connectivity index (χ0n) is 10.3. The van der Waals surface area contributed by atoms with E-state index in [0.717, 1.165) is 18.7 Å². The third kappa shape index (κ3) is 4.54. The molecule has 0 bridgehead atoms. The first kappa shape index (κ1) is 13.7. The van der Waals surface area contributed by atoms with Gasteiger partial charge >= 0.3 is 0 Å². The molecule has 1 aliphatic heterocycles. The van der Waals surface area contributed by atoms with E-state index in [1.807, 2.05) is 0 Å². The standard InChI is InChI=1S/C11H19N3O3/c1-8(9-5-12-6-9)11(16)14-7-10(15)13-3-4-17-2/h12H,3-7H2,1-2H3,(H,13,15)(H,14,16). The van der Waals surface area contributed by atoms with Crippen molar-refractivity contribution in [2.24, 2.45) is 0 Å². The molecule has 1 heterocycles. The molecular formula is C11H19N3O3. The van der Waals surface area contributed by atoms with Gasteiger partial charge in [0, 0.05) is 32.3 Å². The number of carbonyl (C=O) groups is 2. The van der Waals surface area contributed by atoms with E-state index in [9.17, 15) is 9.59 Å². The van der Waals surface area contributed by atoms with E-state index in [2.05, 4.69) is 16.0 Å². The molecule has 17 heavy (non-hydrogen) atoms. The lowest BCUT2D eigenvalue weighted by Gasteiger charge is -2.21. The third-order valence-corrected chi connectivity index (χ3v) is 2.59. The molecule has 0 aromatic heterocycles. The highest BCUT2D eigenvalue weighted by atomic mass is 16.5. The Bertz CT molecular complexity index is 320. The molecular weight excluding hydrogens is 222 g/mol. The lowest BCUT2D eigenvalue weighted by atomic mass is 10.0. The van der Waals surface area contributed by atoms with Crippen LogP contribution < -0.4 is 16.0 Å². The predicted octanol–water partition coefficient (Wildman–Crippen LogP) is -1.22. The Morgan fingerprint density at radius 3 is 2.59 bits per heavy atom. The Labute approximate surface area is 101 Å². The molecule has 0 spiro atoms. The van der Waals surface area contributed by atoms with Crippen LogP contribution in [0.3, 0.4) is 0 Å². The van der Waals surface area contributed by atoms with Gasteiger partial charge < -0.3 is 20.7 Å². The molecule has 0 radical (unpaired) electrons. The maximum atomic E-state index is 11.6. The first-order valence-electron chi connectivity index (χ1n) is 5.58.